The van der Waals surface area contributed by atoms with Gasteiger partial charge in [0, 0.05) is 12.1 Å². The zero-order valence-corrected chi connectivity index (χ0v) is 14.2. The average Bonchev–Trinajstić information content (AvgIpc) is 2.45. The van der Waals surface area contributed by atoms with Crippen molar-refractivity contribution in [3.05, 3.63) is 64.7 Å². The van der Waals surface area contributed by atoms with Crippen molar-refractivity contribution in [1.82, 2.24) is 5.32 Å². The van der Waals surface area contributed by atoms with E-state index < -0.39 is 10.0 Å². The van der Waals surface area contributed by atoms with E-state index in [1.807, 2.05) is 31.2 Å². The maximum absolute atomic E-state index is 12.2. The molecule has 2 aromatic carbocycles. The van der Waals surface area contributed by atoms with E-state index in [2.05, 4.69) is 10.0 Å². The van der Waals surface area contributed by atoms with E-state index in [9.17, 15) is 13.2 Å². The van der Waals surface area contributed by atoms with E-state index in [0.717, 1.165) is 17.4 Å². The lowest BCUT2D eigenvalue weighted by Crippen LogP contribution is -2.23. The van der Waals surface area contributed by atoms with Crippen LogP contribution in [-0.2, 0) is 16.6 Å². The molecule has 1 amide bonds. The van der Waals surface area contributed by atoms with Crippen LogP contribution in [0.3, 0.4) is 0 Å². The van der Waals surface area contributed by atoms with E-state index in [1.165, 1.54) is 0 Å². The summed E-state index contributed by atoms with van der Waals surface area (Å²) >= 11 is 0. The number of aryl methyl sites for hydroxylation is 2. The number of anilines is 1. The molecular formula is C17H20N2O3S. The van der Waals surface area contributed by atoms with E-state index in [0.29, 0.717) is 23.4 Å². The summed E-state index contributed by atoms with van der Waals surface area (Å²) in [7, 11) is -3.33. The van der Waals surface area contributed by atoms with Gasteiger partial charge in [-0.05, 0) is 43.2 Å². The summed E-state index contributed by atoms with van der Waals surface area (Å²) in [5.74, 6) is -0.194. The summed E-state index contributed by atoms with van der Waals surface area (Å²) in [5, 5.41) is 2.86. The molecule has 0 bridgehead atoms. The predicted molar refractivity (Wildman–Crippen MR) is 92.0 cm³/mol. The minimum atomic E-state index is -3.33. The van der Waals surface area contributed by atoms with E-state index >= 15 is 0 Å². The van der Waals surface area contributed by atoms with Gasteiger partial charge in [0.2, 0.25) is 10.0 Å². The molecule has 0 spiro atoms. The second kappa shape index (κ2) is 6.83. The van der Waals surface area contributed by atoms with Gasteiger partial charge in [0.05, 0.1) is 11.9 Å². The Bertz CT molecular complexity index is 829. The highest BCUT2D eigenvalue weighted by atomic mass is 32.2. The van der Waals surface area contributed by atoms with Gasteiger partial charge >= 0.3 is 0 Å². The van der Waals surface area contributed by atoms with Crippen LogP contribution in [0.15, 0.2) is 42.5 Å². The lowest BCUT2D eigenvalue weighted by molar-refractivity contribution is 0.0951. The minimum Gasteiger partial charge on any atom is -0.348 e. The lowest BCUT2D eigenvalue weighted by atomic mass is 10.1. The molecule has 2 rings (SSSR count). The fourth-order valence-corrected chi connectivity index (χ4v) is 2.85. The van der Waals surface area contributed by atoms with Gasteiger partial charge < -0.3 is 5.32 Å². The van der Waals surface area contributed by atoms with E-state index in [4.69, 9.17) is 0 Å². The molecule has 2 aromatic rings. The number of amides is 1. The first-order valence-electron chi connectivity index (χ1n) is 7.17. The molecule has 0 aliphatic heterocycles. The summed E-state index contributed by atoms with van der Waals surface area (Å²) in [6.07, 6.45) is 1.09. The number of hydrogen-bond acceptors (Lipinski definition) is 3. The molecule has 0 radical (unpaired) electrons. The van der Waals surface area contributed by atoms with Crippen LogP contribution in [0.25, 0.3) is 0 Å². The Kier molecular flexibility index (Phi) is 5.05. The Morgan fingerprint density at radius 1 is 1.09 bits per heavy atom. The summed E-state index contributed by atoms with van der Waals surface area (Å²) in [6, 6.07) is 12.8. The first-order valence-corrected chi connectivity index (χ1v) is 9.06. The number of carbonyl (C=O) groups is 1. The van der Waals surface area contributed by atoms with Crippen molar-refractivity contribution in [2.75, 3.05) is 11.0 Å². The molecule has 5 nitrogen and oxygen atoms in total. The third kappa shape index (κ3) is 5.10. The molecule has 6 heteroatoms. The standard InChI is InChI=1S/C17H20N2O3S/c1-12-5-4-6-14(9-12)11-18-17(20)15-7-8-16(13(2)10-15)19-23(3,21)22/h4-10,19H,11H2,1-3H3,(H,18,20). The fourth-order valence-electron chi connectivity index (χ4n) is 2.23. The van der Waals surface area contributed by atoms with Gasteiger partial charge in [0.15, 0.2) is 0 Å². The number of sulfonamides is 1. The Balaban J connectivity index is 2.06. The third-order valence-corrected chi connectivity index (χ3v) is 3.91. The SMILES string of the molecule is Cc1cccc(CNC(=O)c2ccc(NS(C)(=O)=O)c(C)c2)c1. The van der Waals surface area contributed by atoms with E-state index in [-0.39, 0.29) is 5.91 Å². The monoisotopic (exact) mass is 332 g/mol. The summed E-state index contributed by atoms with van der Waals surface area (Å²) < 4.78 is 25.0. The van der Waals surface area contributed by atoms with Crippen molar-refractivity contribution in [2.24, 2.45) is 0 Å². The molecular weight excluding hydrogens is 312 g/mol. The second-order valence-corrected chi connectivity index (χ2v) is 7.32. The van der Waals surface area contributed by atoms with Crippen molar-refractivity contribution in [1.29, 1.82) is 0 Å². The zero-order chi connectivity index (χ0) is 17.0. The van der Waals surface area contributed by atoms with Crippen LogP contribution < -0.4 is 10.0 Å². The van der Waals surface area contributed by atoms with Crippen molar-refractivity contribution in [3.8, 4) is 0 Å². The van der Waals surface area contributed by atoms with Crippen molar-refractivity contribution < 1.29 is 13.2 Å². The van der Waals surface area contributed by atoms with Crippen LogP contribution in [0.5, 0.6) is 0 Å². The van der Waals surface area contributed by atoms with Crippen LogP contribution in [0.4, 0.5) is 5.69 Å². The second-order valence-electron chi connectivity index (χ2n) is 5.58. The lowest BCUT2D eigenvalue weighted by Gasteiger charge is -2.10. The Labute approximate surface area is 136 Å². The van der Waals surface area contributed by atoms with Gasteiger partial charge in [-0.3, -0.25) is 9.52 Å². The first-order chi connectivity index (χ1) is 10.7. The van der Waals surface area contributed by atoms with Gasteiger partial charge in [-0.15, -0.1) is 0 Å². The highest BCUT2D eigenvalue weighted by Gasteiger charge is 2.10. The maximum Gasteiger partial charge on any atom is 0.251 e. The Hall–Kier alpha value is -2.34. The largest absolute Gasteiger partial charge is 0.348 e. The normalized spacial score (nSPS) is 11.1. The van der Waals surface area contributed by atoms with Crippen LogP contribution in [0, 0.1) is 13.8 Å². The minimum absolute atomic E-state index is 0.194. The summed E-state index contributed by atoms with van der Waals surface area (Å²) in [4.78, 5) is 12.2. The molecule has 0 aliphatic rings. The highest BCUT2D eigenvalue weighted by molar-refractivity contribution is 7.92. The van der Waals surface area contributed by atoms with E-state index in [1.54, 1.807) is 25.1 Å². The van der Waals surface area contributed by atoms with Crippen LogP contribution in [-0.4, -0.2) is 20.6 Å². The summed E-state index contributed by atoms with van der Waals surface area (Å²) in [6.45, 7) is 4.20. The molecule has 0 heterocycles. The van der Waals surface area contributed by atoms with Gasteiger partial charge in [0.1, 0.15) is 0 Å². The number of nitrogens with one attached hydrogen (secondary N) is 2. The third-order valence-electron chi connectivity index (χ3n) is 3.32. The van der Waals surface area contributed by atoms with Crippen molar-refractivity contribution >= 4 is 21.6 Å². The van der Waals surface area contributed by atoms with Gasteiger partial charge in [-0.2, -0.15) is 0 Å². The molecule has 0 atom stereocenters. The molecule has 0 fully saturated rings. The quantitative estimate of drug-likeness (QED) is 0.884. The molecule has 0 aliphatic carbocycles. The molecule has 0 saturated heterocycles. The molecule has 23 heavy (non-hydrogen) atoms. The van der Waals surface area contributed by atoms with Crippen LogP contribution in [0.1, 0.15) is 27.0 Å². The summed E-state index contributed by atoms with van der Waals surface area (Å²) in [5.41, 5.74) is 3.84. The predicted octanol–water partition coefficient (Wildman–Crippen LogP) is 2.60. The number of benzene rings is 2. The number of rotatable bonds is 5. The maximum atomic E-state index is 12.2. The van der Waals surface area contributed by atoms with Gasteiger partial charge in [0.25, 0.3) is 5.91 Å². The van der Waals surface area contributed by atoms with Gasteiger partial charge in [-0.1, -0.05) is 29.8 Å². The molecule has 0 unspecified atom stereocenters. The molecule has 0 aromatic heterocycles. The van der Waals surface area contributed by atoms with Gasteiger partial charge in [-0.25, -0.2) is 8.42 Å². The topological polar surface area (TPSA) is 75.3 Å². The van der Waals surface area contributed by atoms with Crippen LogP contribution in [0.2, 0.25) is 0 Å². The average molecular weight is 332 g/mol. The molecule has 2 N–H and O–H groups in total. The highest BCUT2D eigenvalue weighted by Crippen LogP contribution is 2.17. The van der Waals surface area contributed by atoms with Crippen molar-refractivity contribution in [3.63, 3.8) is 0 Å². The smallest absolute Gasteiger partial charge is 0.251 e. The molecule has 0 saturated carbocycles. The number of carbonyl (C=O) groups excluding carboxylic acids is 1. The Morgan fingerprint density at radius 3 is 2.43 bits per heavy atom. The zero-order valence-electron chi connectivity index (χ0n) is 13.4. The first kappa shape index (κ1) is 17.0. The Morgan fingerprint density at radius 2 is 1.83 bits per heavy atom. The molecule has 122 valence electrons. The van der Waals surface area contributed by atoms with Crippen molar-refractivity contribution in [2.45, 2.75) is 20.4 Å². The fraction of sp³-hybridized carbons (Fsp3) is 0.235. The number of hydrogen-bond donors (Lipinski definition) is 2. The van der Waals surface area contributed by atoms with Crippen LogP contribution >= 0.6 is 0 Å².